The molecule has 2 aromatic rings. The molecule has 20 heavy (non-hydrogen) atoms. The summed E-state index contributed by atoms with van der Waals surface area (Å²) in [5.41, 5.74) is 1.00. The largest absolute Gasteiger partial charge is 0.298 e. The second-order valence-electron chi connectivity index (χ2n) is 5.45. The van der Waals surface area contributed by atoms with Crippen molar-refractivity contribution in [2.75, 3.05) is 18.2 Å². The van der Waals surface area contributed by atoms with Gasteiger partial charge in [-0.15, -0.1) is 0 Å². The lowest BCUT2D eigenvalue weighted by Crippen LogP contribution is -2.19. The molecule has 0 saturated carbocycles. The number of rotatable bonds is 3. The zero-order valence-corrected chi connectivity index (χ0v) is 13.3. The molecule has 2 rings (SSSR count). The van der Waals surface area contributed by atoms with E-state index < -0.39 is 0 Å². The predicted octanol–water partition coefficient (Wildman–Crippen LogP) is 3.05. The van der Waals surface area contributed by atoms with E-state index in [1.807, 2.05) is 30.3 Å². The minimum atomic E-state index is -0.00532. The van der Waals surface area contributed by atoms with Gasteiger partial charge in [-0.05, 0) is 18.4 Å². The Balaban J connectivity index is 2.35. The molecular formula is C14H19N5S. The Bertz CT molecular complexity index is 594. The number of nitrogens with zero attached hydrogens (tertiary/aromatic N) is 5. The van der Waals surface area contributed by atoms with Gasteiger partial charge in [0.15, 0.2) is 5.16 Å². The summed E-state index contributed by atoms with van der Waals surface area (Å²) in [5, 5.41) is 0.737. The van der Waals surface area contributed by atoms with Crippen LogP contribution in [0.4, 0.5) is 11.8 Å². The summed E-state index contributed by atoms with van der Waals surface area (Å²) in [7, 11) is 1.91. The molecule has 0 bridgehead atoms. The van der Waals surface area contributed by atoms with E-state index in [1.54, 1.807) is 12.4 Å². The molecule has 2 aromatic heterocycles. The van der Waals surface area contributed by atoms with Crippen LogP contribution in [0.25, 0.3) is 0 Å². The smallest absolute Gasteiger partial charge is 0.231 e. The van der Waals surface area contributed by atoms with E-state index in [4.69, 9.17) is 0 Å². The second-order valence-corrected chi connectivity index (χ2v) is 6.23. The topological polar surface area (TPSA) is 54.8 Å². The first-order chi connectivity index (χ1) is 9.41. The zero-order chi connectivity index (χ0) is 14.8. The highest BCUT2D eigenvalue weighted by Gasteiger charge is 2.18. The first kappa shape index (κ1) is 14.7. The van der Waals surface area contributed by atoms with Crippen LogP contribution in [0.3, 0.4) is 0 Å². The highest BCUT2D eigenvalue weighted by Crippen LogP contribution is 2.24. The van der Waals surface area contributed by atoms with Crippen LogP contribution in [-0.2, 0) is 5.41 Å². The maximum atomic E-state index is 4.62. The van der Waals surface area contributed by atoms with Crippen LogP contribution in [0, 0.1) is 0 Å². The highest BCUT2D eigenvalue weighted by molar-refractivity contribution is 7.98. The molecule has 0 spiro atoms. The van der Waals surface area contributed by atoms with E-state index in [9.17, 15) is 0 Å². The van der Waals surface area contributed by atoms with Crippen molar-refractivity contribution in [2.24, 2.45) is 0 Å². The van der Waals surface area contributed by atoms with E-state index >= 15 is 0 Å². The van der Waals surface area contributed by atoms with Crippen LogP contribution in [0.1, 0.15) is 26.5 Å². The van der Waals surface area contributed by atoms with E-state index in [0.717, 1.165) is 16.7 Å². The van der Waals surface area contributed by atoms with Gasteiger partial charge in [-0.2, -0.15) is 0 Å². The summed E-state index contributed by atoms with van der Waals surface area (Å²) in [6, 6.07) is 3.80. The third-order valence-corrected chi connectivity index (χ3v) is 3.42. The molecule has 0 atom stereocenters. The standard InChI is InChI=1S/C14H19N5S/c1-14(2,3)10-6-8-15-12(17-10)19(4)11-7-9-16-13(18-11)20-5/h6-9H,1-5H3. The Kier molecular flexibility index (Phi) is 4.23. The SMILES string of the molecule is CSc1nccc(N(C)c2nccc(C(C)(C)C)n2)n1. The summed E-state index contributed by atoms with van der Waals surface area (Å²) in [4.78, 5) is 19.5. The number of aromatic nitrogens is 4. The zero-order valence-electron chi connectivity index (χ0n) is 12.5. The molecule has 0 amide bonds. The molecular weight excluding hydrogens is 270 g/mol. The minimum Gasteiger partial charge on any atom is -0.298 e. The normalized spacial score (nSPS) is 11.4. The van der Waals surface area contributed by atoms with Crippen molar-refractivity contribution < 1.29 is 0 Å². The van der Waals surface area contributed by atoms with Crippen molar-refractivity contribution in [3.05, 3.63) is 30.2 Å². The van der Waals surface area contributed by atoms with Gasteiger partial charge < -0.3 is 0 Å². The van der Waals surface area contributed by atoms with Crippen molar-refractivity contribution in [3.8, 4) is 0 Å². The van der Waals surface area contributed by atoms with Gasteiger partial charge in [0.2, 0.25) is 5.95 Å². The van der Waals surface area contributed by atoms with Gasteiger partial charge in [-0.25, -0.2) is 19.9 Å². The maximum Gasteiger partial charge on any atom is 0.231 e. The van der Waals surface area contributed by atoms with Crippen molar-refractivity contribution in [1.29, 1.82) is 0 Å². The Hall–Kier alpha value is -1.69. The van der Waals surface area contributed by atoms with Crippen LogP contribution in [0.2, 0.25) is 0 Å². The van der Waals surface area contributed by atoms with Crippen molar-refractivity contribution in [3.63, 3.8) is 0 Å². The van der Waals surface area contributed by atoms with Gasteiger partial charge in [0, 0.05) is 24.9 Å². The summed E-state index contributed by atoms with van der Waals surface area (Å²) < 4.78 is 0. The first-order valence-electron chi connectivity index (χ1n) is 6.36. The average molecular weight is 289 g/mol. The van der Waals surface area contributed by atoms with Crippen molar-refractivity contribution in [1.82, 2.24) is 19.9 Å². The lowest BCUT2D eigenvalue weighted by Gasteiger charge is -2.21. The van der Waals surface area contributed by atoms with Crippen molar-refractivity contribution in [2.45, 2.75) is 31.3 Å². The molecule has 0 aliphatic rings. The number of hydrogen-bond acceptors (Lipinski definition) is 6. The quantitative estimate of drug-likeness (QED) is 0.639. The Morgan fingerprint density at radius 3 is 2.40 bits per heavy atom. The van der Waals surface area contributed by atoms with Crippen LogP contribution >= 0.6 is 11.8 Å². The van der Waals surface area contributed by atoms with E-state index in [0.29, 0.717) is 5.95 Å². The van der Waals surface area contributed by atoms with Gasteiger partial charge in [0.05, 0.1) is 5.69 Å². The third-order valence-electron chi connectivity index (χ3n) is 2.86. The lowest BCUT2D eigenvalue weighted by molar-refractivity contribution is 0.567. The Labute approximate surface area is 123 Å². The second kappa shape index (κ2) is 5.75. The van der Waals surface area contributed by atoms with Gasteiger partial charge in [0.25, 0.3) is 0 Å². The number of hydrogen-bond donors (Lipinski definition) is 0. The first-order valence-corrected chi connectivity index (χ1v) is 7.58. The van der Waals surface area contributed by atoms with Gasteiger partial charge in [-0.3, -0.25) is 4.90 Å². The number of anilines is 2. The van der Waals surface area contributed by atoms with Crippen LogP contribution in [0.5, 0.6) is 0 Å². The summed E-state index contributed by atoms with van der Waals surface area (Å²) in [6.07, 6.45) is 5.49. The molecule has 0 saturated heterocycles. The maximum absolute atomic E-state index is 4.62. The molecule has 0 N–H and O–H groups in total. The molecule has 0 aliphatic heterocycles. The van der Waals surface area contributed by atoms with Crippen LogP contribution in [0.15, 0.2) is 29.7 Å². The Morgan fingerprint density at radius 2 is 1.75 bits per heavy atom. The number of thioether (sulfide) groups is 1. The molecule has 0 fully saturated rings. The third kappa shape index (κ3) is 3.25. The monoisotopic (exact) mass is 289 g/mol. The van der Waals surface area contributed by atoms with E-state index in [-0.39, 0.29) is 5.41 Å². The van der Waals surface area contributed by atoms with Crippen LogP contribution in [-0.4, -0.2) is 33.2 Å². The molecule has 2 heterocycles. The molecule has 0 unspecified atom stereocenters. The fourth-order valence-corrected chi connectivity index (χ4v) is 2.00. The molecule has 0 radical (unpaired) electrons. The van der Waals surface area contributed by atoms with E-state index in [1.165, 1.54) is 11.8 Å². The average Bonchev–Trinajstić information content (AvgIpc) is 2.46. The molecule has 0 aromatic carbocycles. The fraction of sp³-hybridized carbons (Fsp3) is 0.429. The highest BCUT2D eigenvalue weighted by atomic mass is 32.2. The van der Waals surface area contributed by atoms with Gasteiger partial charge in [-0.1, -0.05) is 32.5 Å². The molecule has 0 aliphatic carbocycles. The summed E-state index contributed by atoms with van der Waals surface area (Å²) >= 11 is 1.51. The van der Waals surface area contributed by atoms with Gasteiger partial charge >= 0.3 is 0 Å². The fourth-order valence-electron chi connectivity index (χ4n) is 1.65. The van der Waals surface area contributed by atoms with E-state index in [2.05, 4.69) is 40.7 Å². The predicted molar refractivity (Wildman–Crippen MR) is 82.6 cm³/mol. The summed E-state index contributed by atoms with van der Waals surface area (Å²) in [5.74, 6) is 1.43. The molecule has 6 heteroatoms. The van der Waals surface area contributed by atoms with Crippen LogP contribution < -0.4 is 4.90 Å². The Morgan fingerprint density at radius 1 is 1.05 bits per heavy atom. The minimum absolute atomic E-state index is 0.00532. The molecule has 5 nitrogen and oxygen atoms in total. The lowest BCUT2D eigenvalue weighted by atomic mass is 9.92. The van der Waals surface area contributed by atoms with Crippen molar-refractivity contribution >= 4 is 23.5 Å². The van der Waals surface area contributed by atoms with Gasteiger partial charge in [0.1, 0.15) is 5.82 Å². The molecule has 106 valence electrons. The summed E-state index contributed by atoms with van der Waals surface area (Å²) in [6.45, 7) is 6.40.